The van der Waals surface area contributed by atoms with E-state index in [2.05, 4.69) is 38.8 Å². The first-order chi connectivity index (χ1) is 15.3. The average molecular weight is 409 g/mol. The lowest BCUT2D eigenvalue weighted by Gasteiger charge is -2.07. The number of phenolic OH excluding ortho intramolecular Hbond substituents is 1. The van der Waals surface area contributed by atoms with Gasteiger partial charge in [0.1, 0.15) is 5.75 Å². The molecule has 3 N–H and O–H groups in total. The summed E-state index contributed by atoms with van der Waals surface area (Å²) in [5.74, 6) is 0.912. The number of phenols is 1. The van der Waals surface area contributed by atoms with Crippen LogP contribution in [-0.2, 0) is 19.5 Å². The molecule has 0 amide bonds. The second-order valence-electron chi connectivity index (χ2n) is 7.63. The van der Waals surface area contributed by atoms with Gasteiger partial charge in [-0.1, -0.05) is 18.2 Å². The van der Waals surface area contributed by atoms with Crippen molar-refractivity contribution < 1.29 is 5.11 Å². The van der Waals surface area contributed by atoms with Crippen molar-refractivity contribution in [3.8, 4) is 28.1 Å². The Balaban J connectivity index is 1.19. The fourth-order valence-electron chi connectivity index (χ4n) is 3.70. The lowest BCUT2D eigenvalue weighted by molar-refractivity contribution is 0.475. The number of nitrogens with one attached hydrogen (secondary N) is 2. The van der Waals surface area contributed by atoms with Gasteiger partial charge in [0.2, 0.25) is 5.95 Å². The molecule has 0 atom stereocenters. The molecule has 1 aromatic carbocycles. The van der Waals surface area contributed by atoms with Gasteiger partial charge in [0.05, 0.1) is 5.69 Å². The minimum Gasteiger partial charge on any atom is -0.508 e. The van der Waals surface area contributed by atoms with Gasteiger partial charge < -0.3 is 15.7 Å². The van der Waals surface area contributed by atoms with E-state index in [-0.39, 0.29) is 5.75 Å². The predicted octanol–water partition coefficient (Wildman–Crippen LogP) is 4.17. The largest absolute Gasteiger partial charge is 0.508 e. The molecule has 0 radical (unpaired) electrons. The second-order valence-corrected chi connectivity index (χ2v) is 7.63. The molecular formula is C25H23N5O. The average Bonchev–Trinajstić information content (AvgIpc) is 3.51. The highest BCUT2D eigenvalue weighted by molar-refractivity contribution is 5.97. The third-order valence-electron chi connectivity index (χ3n) is 5.38. The molecule has 5 rings (SSSR count). The summed E-state index contributed by atoms with van der Waals surface area (Å²) >= 11 is 0. The van der Waals surface area contributed by atoms with Crippen LogP contribution in [0.15, 0.2) is 73.2 Å². The van der Waals surface area contributed by atoms with Gasteiger partial charge in [-0.2, -0.15) is 0 Å². The molecule has 2 aromatic heterocycles. The summed E-state index contributed by atoms with van der Waals surface area (Å²) in [5, 5.41) is 16.2. The van der Waals surface area contributed by atoms with Crippen molar-refractivity contribution in [2.24, 2.45) is 0 Å². The maximum atomic E-state index is 9.38. The normalized spacial score (nSPS) is 11.4. The minimum atomic E-state index is 0.284. The van der Waals surface area contributed by atoms with Crippen molar-refractivity contribution in [1.29, 1.82) is 0 Å². The highest BCUT2D eigenvalue weighted by Gasteiger charge is 2.24. The van der Waals surface area contributed by atoms with E-state index in [9.17, 15) is 5.11 Å². The van der Waals surface area contributed by atoms with E-state index in [1.54, 1.807) is 24.5 Å². The number of benzene rings is 2. The summed E-state index contributed by atoms with van der Waals surface area (Å²) in [5.41, 5.74) is 8.34. The van der Waals surface area contributed by atoms with Crippen LogP contribution in [0.1, 0.15) is 16.7 Å². The molecule has 0 aliphatic heterocycles. The van der Waals surface area contributed by atoms with Crippen LogP contribution in [0.4, 0.5) is 5.95 Å². The molecule has 2 heterocycles. The van der Waals surface area contributed by atoms with Crippen molar-refractivity contribution in [2.45, 2.75) is 19.5 Å². The molecule has 6 nitrogen and oxygen atoms in total. The number of anilines is 1. The SMILES string of the molecule is Oc1ccc(CCNc2nccc(-c3cc(CNCc4cccnc4)c4cc3-4)n2)cc1. The van der Waals surface area contributed by atoms with Crippen LogP contribution in [0.2, 0.25) is 0 Å². The van der Waals surface area contributed by atoms with Gasteiger partial charge in [-0.15, -0.1) is 0 Å². The Morgan fingerprint density at radius 2 is 1.74 bits per heavy atom. The Labute approximate surface area is 181 Å². The van der Waals surface area contributed by atoms with Crippen molar-refractivity contribution >= 4 is 5.95 Å². The number of nitrogens with zero attached hydrogens (tertiary/aromatic N) is 3. The quantitative estimate of drug-likeness (QED) is 0.339. The van der Waals surface area contributed by atoms with Gasteiger partial charge in [-0.25, -0.2) is 9.97 Å². The van der Waals surface area contributed by atoms with Crippen molar-refractivity contribution in [1.82, 2.24) is 20.3 Å². The maximum Gasteiger partial charge on any atom is 0.223 e. The summed E-state index contributed by atoms with van der Waals surface area (Å²) in [6, 6.07) is 17.7. The van der Waals surface area contributed by atoms with Gasteiger partial charge in [0.25, 0.3) is 0 Å². The number of aromatic hydroxyl groups is 1. The third kappa shape index (κ3) is 4.54. The van der Waals surface area contributed by atoms with E-state index in [1.165, 1.54) is 22.3 Å². The van der Waals surface area contributed by atoms with E-state index in [0.29, 0.717) is 5.95 Å². The fraction of sp³-hybridized carbons (Fsp3) is 0.160. The zero-order valence-corrected chi connectivity index (χ0v) is 17.0. The fourth-order valence-corrected chi connectivity index (χ4v) is 3.70. The van der Waals surface area contributed by atoms with Crippen LogP contribution in [0.3, 0.4) is 0 Å². The molecule has 3 aromatic rings. The molecule has 2 aliphatic carbocycles. The van der Waals surface area contributed by atoms with E-state index in [4.69, 9.17) is 4.98 Å². The Bertz CT molecular complexity index is 1190. The summed E-state index contributed by atoms with van der Waals surface area (Å²) < 4.78 is 0. The molecule has 0 fully saturated rings. The van der Waals surface area contributed by atoms with Crippen LogP contribution in [0, 0.1) is 0 Å². The standard InChI is InChI=1S/C25H23N5O/c31-20-5-3-17(4-6-20)7-10-28-25-29-11-8-24(30-25)23-12-19(21-13-22(21)23)16-27-15-18-2-1-9-26-14-18/h1-6,8-9,11-14,27,31H,7,10,15-16H2,(H,28,29,30). The number of hydrogen-bond acceptors (Lipinski definition) is 6. The van der Waals surface area contributed by atoms with Gasteiger partial charge in [0, 0.05) is 43.8 Å². The van der Waals surface area contributed by atoms with Crippen LogP contribution in [0.25, 0.3) is 22.4 Å². The van der Waals surface area contributed by atoms with Gasteiger partial charge in [0.15, 0.2) is 0 Å². The molecule has 154 valence electrons. The first kappa shape index (κ1) is 19.2. The van der Waals surface area contributed by atoms with E-state index in [0.717, 1.165) is 42.9 Å². The van der Waals surface area contributed by atoms with Crippen LogP contribution in [0.5, 0.6) is 5.75 Å². The van der Waals surface area contributed by atoms with E-state index in [1.807, 2.05) is 30.5 Å². The smallest absolute Gasteiger partial charge is 0.223 e. The van der Waals surface area contributed by atoms with Crippen LogP contribution >= 0.6 is 0 Å². The lowest BCUT2D eigenvalue weighted by atomic mass is 10.1. The Morgan fingerprint density at radius 3 is 2.58 bits per heavy atom. The molecule has 2 aliphatic rings. The summed E-state index contributed by atoms with van der Waals surface area (Å²) in [6.45, 7) is 2.34. The van der Waals surface area contributed by atoms with Crippen LogP contribution < -0.4 is 10.6 Å². The zero-order chi connectivity index (χ0) is 21.0. The molecule has 0 spiro atoms. The summed E-state index contributed by atoms with van der Waals surface area (Å²) in [6.07, 6.45) is 6.31. The van der Waals surface area contributed by atoms with E-state index >= 15 is 0 Å². The zero-order valence-electron chi connectivity index (χ0n) is 17.0. The highest BCUT2D eigenvalue weighted by atomic mass is 16.3. The van der Waals surface area contributed by atoms with Crippen molar-refractivity contribution in [3.63, 3.8) is 0 Å². The summed E-state index contributed by atoms with van der Waals surface area (Å²) in [7, 11) is 0. The third-order valence-corrected chi connectivity index (χ3v) is 5.38. The summed E-state index contributed by atoms with van der Waals surface area (Å²) in [4.78, 5) is 13.2. The van der Waals surface area contributed by atoms with E-state index < -0.39 is 0 Å². The molecule has 0 saturated carbocycles. The monoisotopic (exact) mass is 409 g/mol. The molecule has 0 saturated heterocycles. The Hall–Kier alpha value is -3.77. The first-order valence-electron chi connectivity index (χ1n) is 10.4. The predicted molar refractivity (Wildman–Crippen MR) is 122 cm³/mol. The number of pyridine rings is 1. The molecular weight excluding hydrogens is 386 g/mol. The second kappa shape index (κ2) is 8.53. The van der Waals surface area contributed by atoms with Crippen molar-refractivity contribution in [3.05, 3.63) is 89.9 Å². The number of fused-ring (bicyclic) bond motifs is 1. The molecule has 31 heavy (non-hydrogen) atoms. The number of hydrogen-bond donors (Lipinski definition) is 3. The molecule has 6 heteroatoms. The number of rotatable bonds is 9. The van der Waals surface area contributed by atoms with Gasteiger partial charge >= 0.3 is 0 Å². The first-order valence-corrected chi connectivity index (χ1v) is 10.4. The maximum absolute atomic E-state index is 9.38. The Morgan fingerprint density at radius 1 is 0.839 bits per heavy atom. The topological polar surface area (TPSA) is 83.0 Å². The molecule has 0 unspecified atom stereocenters. The van der Waals surface area contributed by atoms with Gasteiger partial charge in [-0.3, -0.25) is 4.98 Å². The highest BCUT2D eigenvalue weighted by Crippen LogP contribution is 2.47. The minimum absolute atomic E-state index is 0.284. The lowest BCUT2D eigenvalue weighted by Crippen LogP contribution is -2.12. The Kier molecular flexibility index (Phi) is 5.29. The van der Waals surface area contributed by atoms with Crippen molar-refractivity contribution in [2.75, 3.05) is 11.9 Å². The number of aromatic nitrogens is 3. The van der Waals surface area contributed by atoms with Gasteiger partial charge in [-0.05, 0) is 70.6 Å². The van der Waals surface area contributed by atoms with Crippen LogP contribution in [-0.4, -0.2) is 26.6 Å². The molecule has 0 bridgehead atoms.